The Hall–Kier alpha value is -3.54. The molecule has 10 nitrogen and oxygen atoms in total. The molecule has 5 N–H and O–H groups in total. The second kappa shape index (κ2) is 14.3. The molecule has 1 saturated carbocycles. The van der Waals surface area contributed by atoms with Gasteiger partial charge in [-0.25, -0.2) is 13.1 Å². The number of nitrogens with one attached hydrogen (secondary N) is 3. The molecule has 47 heavy (non-hydrogen) atoms. The van der Waals surface area contributed by atoms with Crippen molar-refractivity contribution >= 4 is 27.7 Å². The van der Waals surface area contributed by atoms with E-state index in [0.717, 1.165) is 24.0 Å². The molecule has 2 aromatic carbocycles. The zero-order valence-electron chi connectivity index (χ0n) is 29.5. The first kappa shape index (κ1) is 37.9. The summed E-state index contributed by atoms with van der Waals surface area (Å²) < 4.78 is 28.2. The minimum Gasteiger partial charge on any atom is -0.342 e. The summed E-state index contributed by atoms with van der Waals surface area (Å²) in [5.74, 6) is -1.58. The lowest BCUT2D eigenvalue weighted by Gasteiger charge is -2.40. The SMILES string of the molecule is CNC(C(=O)NC(C(=O)N(C)C(/C=C(\C)C(=O)NS(=O)(=O)c1ccc(C2(N)CC2)cc1)C(C)C)C(C)(C)C)C(C)(C)c1ccccc1. The van der Waals surface area contributed by atoms with Gasteiger partial charge in [-0.15, -0.1) is 0 Å². The molecule has 0 aliphatic heterocycles. The summed E-state index contributed by atoms with van der Waals surface area (Å²) >= 11 is 0. The van der Waals surface area contributed by atoms with E-state index in [0.29, 0.717) is 0 Å². The number of hydrogen-bond acceptors (Lipinski definition) is 7. The Balaban J connectivity index is 1.80. The van der Waals surface area contributed by atoms with Gasteiger partial charge in [-0.3, -0.25) is 14.4 Å². The van der Waals surface area contributed by atoms with Gasteiger partial charge in [0.2, 0.25) is 11.8 Å². The number of sulfonamides is 1. The molecule has 3 rings (SSSR count). The summed E-state index contributed by atoms with van der Waals surface area (Å²) in [6.45, 7) is 14.9. The number of carbonyl (C=O) groups is 3. The molecule has 3 unspecified atom stereocenters. The molecule has 0 saturated heterocycles. The molecule has 2 aromatic rings. The van der Waals surface area contributed by atoms with Crippen molar-refractivity contribution in [2.75, 3.05) is 14.1 Å². The molecule has 11 heteroatoms. The third-order valence-electron chi connectivity index (χ3n) is 9.20. The van der Waals surface area contributed by atoms with Crippen molar-refractivity contribution in [1.82, 2.24) is 20.3 Å². The van der Waals surface area contributed by atoms with Crippen LogP contribution >= 0.6 is 0 Å². The van der Waals surface area contributed by atoms with Crippen molar-refractivity contribution in [1.29, 1.82) is 0 Å². The second-order valence-electron chi connectivity index (χ2n) is 14.8. The van der Waals surface area contributed by atoms with Crippen LogP contribution in [-0.2, 0) is 35.4 Å². The first-order valence-corrected chi connectivity index (χ1v) is 17.6. The Morgan fingerprint density at radius 2 is 1.49 bits per heavy atom. The molecule has 1 fully saturated rings. The highest BCUT2D eigenvalue weighted by Crippen LogP contribution is 2.42. The van der Waals surface area contributed by atoms with Crippen LogP contribution < -0.4 is 21.1 Å². The fourth-order valence-electron chi connectivity index (χ4n) is 5.81. The van der Waals surface area contributed by atoms with Crippen LogP contribution in [0.25, 0.3) is 0 Å². The Morgan fingerprint density at radius 1 is 0.936 bits per heavy atom. The monoisotopic (exact) mass is 667 g/mol. The molecule has 1 aliphatic carbocycles. The minimum absolute atomic E-state index is 0.0431. The molecular formula is C36H53N5O5S. The summed E-state index contributed by atoms with van der Waals surface area (Å²) in [7, 11) is -0.790. The predicted molar refractivity (Wildman–Crippen MR) is 186 cm³/mol. The van der Waals surface area contributed by atoms with Crippen molar-refractivity contribution in [3.63, 3.8) is 0 Å². The maximum absolute atomic E-state index is 14.1. The molecule has 3 atom stereocenters. The van der Waals surface area contributed by atoms with Crippen LogP contribution in [0, 0.1) is 11.3 Å². The van der Waals surface area contributed by atoms with E-state index in [9.17, 15) is 22.8 Å². The zero-order valence-corrected chi connectivity index (χ0v) is 30.3. The smallest absolute Gasteiger partial charge is 0.264 e. The summed E-state index contributed by atoms with van der Waals surface area (Å²) in [4.78, 5) is 42.5. The summed E-state index contributed by atoms with van der Waals surface area (Å²) in [6.07, 6.45) is 3.29. The van der Waals surface area contributed by atoms with Crippen molar-refractivity contribution in [3.05, 3.63) is 77.4 Å². The summed E-state index contributed by atoms with van der Waals surface area (Å²) in [5, 5.41) is 6.16. The molecule has 0 radical (unpaired) electrons. The van der Waals surface area contributed by atoms with E-state index in [1.807, 2.05) is 78.8 Å². The van der Waals surface area contributed by atoms with Crippen molar-refractivity contribution in [2.24, 2.45) is 17.1 Å². The molecule has 1 aliphatic rings. The van der Waals surface area contributed by atoms with E-state index in [2.05, 4.69) is 15.4 Å². The Bertz CT molecular complexity index is 1570. The maximum atomic E-state index is 14.1. The van der Waals surface area contributed by atoms with Gasteiger partial charge in [-0.1, -0.05) is 97.0 Å². The third-order valence-corrected chi connectivity index (χ3v) is 10.5. The van der Waals surface area contributed by atoms with Gasteiger partial charge in [0, 0.05) is 23.6 Å². The molecule has 0 bridgehead atoms. The first-order chi connectivity index (χ1) is 21.7. The maximum Gasteiger partial charge on any atom is 0.264 e. The summed E-state index contributed by atoms with van der Waals surface area (Å²) in [5.41, 5.74) is 6.55. The van der Waals surface area contributed by atoms with Crippen molar-refractivity contribution in [2.45, 2.75) is 102 Å². The van der Waals surface area contributed by atoms with E-state index in [-0.39, 0.29) is 28.2 Å². The second-order valence-corrected chi connectivity index (χ2v) is 16.4. The largest absolute Gasteiger partial charge is 0.342 e. The quantitative estimate of drug-likeness (QED) is 0.236. The van der Waals surface area contributed by atoms with Crippen LogP contribution in [-0.4, -0.2) is 63.3 Å². The number of likely N-dealkylation sites (N-methyl/N-ethyl adjacent to an activating group) is 2. The standard InChI is InChI=1S/C36H53N5O5S/c1-23(2)28(22-24(3)31(42)40-47(45,46)27-18-16-26(17-19-27)36(37)20-21-36)41(10)33(44)30(34(4,5)6)39-32(43)29(38-9)35(7,8)25-14-12-11-13-15-25/h11-19,22-23,28-30,38H,20-21,37H2,1-10H3,(H,39,43)(H,40,42)/b24-22+. The van der Waals surface area contributed by atoms with Gasteiger partial charge in [-0.05, 0) is 61.4 Å². The lowest BCUT2D eigenvalue weighted by Crippen LogP contribution is -2.61. The molecule has 0 spiro atoms. The molecule has 258 valence electrons. The van der Waals surface area contributed by atoms with Gasteiger partial charge in [0.25, 0.3) is 15.9 Å². The highest BCUT2D eigenvalue weighted by Gasteiger charge is 2.42. The molecule has 3 amide bonds. The van der Waals surface area contributed by atoms with Gasteiger partial charge in [0.1, 0.15) is 6.04 Å². The first-order valence-electron chi connectivity index (χ1n) is 16.1. The zero-order chi connectivity index (χ0) is 35.5. The highest BCUT2D eigenvalue weighted by molar-refractivity contribution is 7.90. The Kier molecular flexibility index (Phi) is 11.5. The van der Waals surface area contributed by atoms with E-state index >= 15 is 0 Å². The van der Waals surface area contributed by atoms with Crippen molar-refractivity contribution < 1.29 is 22.8 Å². The van der Waals surface area contributed by atoms with Crippen LogP contribution in [0.5, 0.6) is 0 Å². The number of carbonyl (C=O) groups excluding carboxylic acids is 3. The number of nitrogens with zero attached hydrogens (tertiary/aromatic N) is 1. The fourth-order valence-corrected chi connectivity index (χ4v) is 6.83. The average molecular weight is 668 g/mol. The van der Waals surface area contributed by atoms with Crippen molar-refractivity contribution in [3.8, 4) is 0 Å². The Labute approximate surface area is 281 Å². The average Bonchev–Trinajstić information content (AvgIpc) is 3.75. The molecule has 0 heterocycles. The number of amides is 3. The number of rotatable bonds is 13. The van der Waals surface area contributed by atoms with E-state index in [1.165, 1.54) is 24.0 Å². The number of hydrogen-bond donors (Lipinski definition) is 4. The van der Waals surface area contributed by atoms with Gasteiger partial charge in [-0.2, -0.15) is 0 Å². The lowest BCUT2D eigenvalue weighted by molar-refractivity contribution is -0.140. The van der Waals surface area contributed by atoms with Crippen LogP contribution in [0.2, 0.25) is 0 Å². The predicted octanol–water partition coefficient (Wildman–Crippen LogP) is 3.97. The van der Waals surface area contributed by atoms with Gasteiger partial charge < -0.3 is 21.3 Å². The lowest BCUT2D eigenvalue weighted by atomic mass is 9.76. The van der Waals surface area contributed by atoms with Gasteiger partial charge >= 0.3 is 0 Å². The van der Waals surface area contributed by atoms with Crippen LogP contribution in [0.15, 0.2) is 71.1 Å². The topological polar surface area (TPSA) is 151 Å². The minimum atomic E-state index is -4.14. The molecular weight excluding hydrogens is 614 g/mol. The summed E-state index contributed by atoms with van der Waals surface area (Å²) in [6, 6.07) is 13.9. The van der Waals surface area contributed by atoms with Crippen LogP contribution in [0.4, 0.5) is 0 Å². The highest BCUT2D eigenvalue weighted by atomic mass is 32.2. The number of nitrogens with two attached hydrogens (primary N) is 1. The molecule has 0 aromatic heterocycles. The number of benzene rings is 2. The normalized spacial score (nSPS) is 17.0. The third kappa shape index (κ3) is 8.88. The van der Waals surface area contributed by atoms with E-state index in [4.69, 9.17) is 5.73 Å². The fraction of sp³-hybridized carbons (Fsp3) is 0.528. The van der Waals surface area contributed by atoms with Crippen LogP contribution in [0.1, 0.15) is 79.4 Å². The van der Waals surface area contributed by atoms with Gasteiger partial charge in [0.15, 0.2) is 0 Å². The van der Waals surface area contributed by atoms with E-state index in [1.54, 1.807) is 32.3 Å². The van der Waals surface area contributed by atoms with Crippen LogP contribution in [0.3, 0.4) is 0 Å². The van der Waals surface area contributed by atoms with E-state index < -0.39 is 50.4 Å². The van der Waals surface area contributed by atoms with Gasteiger partial charge in [0.05, 0.1) is 17.0 Å². The Morgan fingerprint density at radius 3 is 1.96 bits per heavy atom.